The summed E-state index contributed by atoms with van der Waals surface area (Å²) in [5, 5.41) is 5.06. The Morgan fingerprint density at radius 1 is 1.06 bits per heavy atom. The number of amides is 3. The Morgan fingerprint density at radius 2 is 1.94 bits per heavy atom. The highest BCUT2D eigenvalue weighted by Gasteiger charge is 2.34. The Labute approximate surface area is 202 Å². The number of benzene rings is 1. The molecule has 1 saturated heterocycles. The lowest BCUT2D eigenvalue weighted by atomic mass is 9.99. The summed E-state index contributed by atoms with van der Waals surface area (Å²) in [5.41, 5.74) is 3.13. The molecule has 1 fully saturated rings. The van der Waals surface area contributed by atoms with Crippen LogP contribution in [-0.4, -0.2) is 46.7 Å². The first-order valence-corrected chi connectivity index (χ1v) is 12.5. The molecule has 8 heteroatoms. The van der Waals surface area contributed by atoms with Gasteiger partial charge >= 0.3 is 0 Å². The van der Waals surface area contributed by atoms with Crippen molar-refractivity contribution < 1.29 is 18.8 Å². The summed E-state index contributed by atoms with van der Waals surface area (Å²) in [6, 6.07) is 10.2. The molecule has 4 heterocycles. The van der Waals surface area contributed by atoms with E-state index in [1.165, 1.54) is 16.7 Å². The maximum Gasteiger partial charge on any atom is 0.290 e. The van der Waals surface area contributed by atoms with Crippen molar-refractivity contribution >= 4 is 34.7 Å². The number of fused-ring (bicyclic) bond motifs is 1. The normalized spacial score (nSPS) is 17.9. The third-order valence-electron chi connectivity index (χ3n) is 6.72. The Hall–Kier alpha value is -3.39. The van der Waals surface area contributed by atoms with Crippen LogP contribution in [0, 0.1) is 6.92 Å². The molecule has 0 radical (unpaired) electrons. The maximum absolute atomic E-state index is 13.3. The van der Waals surface area contributed by atoms with Crippen LogP contribution in [0.2, 0.25) is 0 Å². The second kappa shape index (κ2) is 9.46. The Kier molecular flexibility index (Phi) is 6.24. The van der Waals surface area contributed by atoms with Crippen LogP contribution < -0.4 is 5.32 Å². The van der Waals surface area contributed by atoms with Crippen LogP contribution in [0.5, 0.6) is 0 Å². The maximum atomic E-state index is 13.3. The summed E-state index contributed by atoms with van der Waals surface area (Å²) in [6.07, 6.45) is 4.64. The molecule has 3 amide bonds. The van der Waals surface area contributed by atoms with E-state index in [9.17, 15) is 14.4 Å². The SMILES string of the molecule is Cc1c(NC(=O)C2CCCCN2C(=O)c2ccco2)cccc1C(=O)N1CCc2sccc2C1. The zero-order valence-corrected chi connectivity index (χ0v) is 19.9. The standard InChI is InChI=1S/C26H27N3O4S/c1-17-19(25(31)28-13-10-23-18(16-28)11-15-34-23)6-4-7-20(17)27-24(30)21-8-2-3-12-29(21)26(32)22-9-5-14-33-22/h4-7,9,11,14-15,21H,2-3,8,10,12-13,16H2,1H3,(H,27,30). The van der Waals surface area contributed by atoms with Gasteiger partial charge < -0.3 is 19.5 Å². The molecule has 176 valence electrons. The van der Waals surface area contributed by atoms with Gasteiger partial charge in [-0.05, 0) is 79.4 Å². The van der Waals surface area contributed by atoms with Gasteiger partial charge in [0.15, 0.2) is 5.76 Å². The van der Waals surface area contributed by atoms with Gasteiger partial charge in [0, 0.05) is 35.8 Å². The molecule has 1 atom stereocenters. The molecule has 2 aliphatic heterocycles. The van der Waals surface area contributed by atoms with Crippen LogP contribution in [0.15, 0.2) is 52.5 Å². The summed E-state index contributed by atoms with van der Waals surface area (Å²) in [5.74, 6) is -0.312. The van der Waals surface area contributed by atoms with Crippen LogP contribution in [0.1, 0.15) is 56.2 Å². The highest BCUT2D eigenvalue weighted by molar-refractivity contribution is 7.10. The fraction of sp³-hybridized carbons (Fsp3) is 0.346. The molecule has 3 aromatic rings. The minimum atomic E-state index is -0.579. The summed E-state index contributed by atoms with van der Waals surface area (Å²) in [7, 11) is 0. The van der Waals surface area contributed by atoms with Crippen molar-refractivity contribution in [3.05, 3.63) is 75.4 Å². The van der Waals surface area contributed by atoms with Crippen molar-refractivity contribution in [2.45, 2.75) is 45.2 Å². The minimum Gasteiger partial charge on any atom is -0.459 e. The van der Waals surface area contributed by atoms with E-state index in [0.717, 1.165) is 24.8 Å². The van der Waals surface area contributed by atoms with Crippen LogP contribution in [0.3, 0.4) is 0 Å². The monoisotopic (exact) mass is 477 g/mol. The predicted molar refractivity (Wildman–Crippen MR) is 130 cm³/mol. The van der Waals surface area contributed by atoms with Crippen LogP contribution in [0.4, 0.5) is 5.69 Å². The van der Waals surface area contributed by atoms with Crippen molar-refractivity contribution in [3.63, 3.8) is 0 Å². The Balaban J connectivity index is 1.32. The lowest BCUT2D eigenvalue weighted by Crippen LogP contribution is -2.50. The lowest BCUT2D eigenvalue weighted by molar-refractivity contribution is -0.121. The van der Waals surface area contributed by atoms with Crippen LogP contribution in [-0.2, 0) is 17.8 Å². The van der Waals surface area contributed by atoms with Crippen molar-refractivity contribution in [1.82, 2.24) is 9.80 Å². The predicted octanol–water partition coefficient (Wildman–Crippen LogP) is 4.48. The fourth-order valence-corrected chi connectivity index (χ4v) is 5.69. The number of hydrogen-bond acceptors (Lipinski definition) is 5. The van der Waals surface area contributed by atoms with Gasteiger partial charge in [0.1, 0.15) is 6.04 Å². The fourth-order valence-electron chi connectivity index (χ4n) is 4.80. The summed E-state index contributed by atoms with van der Waals surface area (Å²) in [6.45, 7) is 3.66. The van der Waals surface area contributed by atoms with Crippen molar-refractivity contribution in [2.24, 2.45) is 0 Å². The molecule has 1 unspecified atom stereocenters. The molecule has 2 aromatic heterocycles. The summed E-state index contributed by atoms with van der Waals surface area (Å²) in [4.78, 5) is 44.3. The number of thiophene rings is 1. The first-order valence-electron chi connectivity index (χ1n) is 11.6. The van der Waals surface area contributed by atoms with Crippen molar-refractivity contribution in [1.29, 1.82) is 0 Å². The molecule has 0 spiro atoms. The molecule has 0 saturated carbocycles. The zero-order chi connectivity index (χ0) is 23.7. The van der Waals surface area contributed by atoms with Gasteiger partial charge in [0.25, 0.3) is 11.8 Å². The molecule has 0 bridgehead atoms. The van der Waals surface area contributed by atoms with Crippen LogP contribution >= 0.6 is 11.3 Å². The smallest absolute Gasteiger partial charge is 0.290 e. The molecule has 0 aliphatic carbocycles. The second-order valence-corrected chi connectivity index (χ2v) is 9.80. The average molecular weight is 478 g/mol. The number of anilines is 1. The highest BCUT2D eigenvalue weighted by Crippen LogP contribution is 2.28. The number of likely N-dealkylation sites (tertiary alicyclic amines) is 1. The molecular formula is C26H27N3O4S. The number of carbonyl (C=O) groups excluding carboxylic acids is 3. The third kappa shape index (κ3) is 4.25. The first kappa shape index (κ1) is 22.4. The van der Waals surface area contributed by atoms with E-state index in [1.54, 1.807) is 40.5 Å². The van der Waals surface area contributed by atoms with Gasteiger partial charge in [-0.15, -0.1) is 11.3 Å². The molecule has 34 heavy (non-hydrogen) atoms. The van der Waals surface area contributed by atoms with E-state index in [-0.39, 0.29) is 23.5 Å². The van der Waals surface area contributed by atoms with E-state index >= 15 is 0 Å². The average Bonchev–Trinajstić information content (AvgIpc) is 3.56. The third-order valence-corrected chi connectivity index (χ3v) is 7.74. The summed E-state index contributed by atoms with van der Waals surface area (Å²) < 4.78 is 5.27. The molecule has 5 rings (SSSR count). The van der Waals surface area contributed by atoms with E-state index in [1.807, 2.05) is 17.9 Å². The number of piperidine rings is 1. The van der Waals surface area contributed by atoms with Gasteiger partial charge in [-0.25, -0.2) is 0 Å². The number of rotatable bonds is 4. The summed E-state index contributed by atoms with van der Waals surface area (Å²) >= 11 is 1.74. The zero-order valence-electron chi connectivity index (χ0n) is 19.1. The molecular weight excluding hydrogens is 450 g/mol. The number of carbonyl (C=O) groups is 3. The largest absolute Gasteiger partial charge is 0.459 e. The van der Waals surface area contributed by atoms with Crippen molar-refractivity contribution in [3.8, 4) is 0 Å². The quantitative estimate of drug-likeness (QED) is 0.601. The van der Waals surface area contributed by atoms with Crippen molar-refractivity contribution in [2.75, 3.05) is 18.4 Å². The molecule has 7 nitrogen and oxygen atoms in total. The Morgan fingerprint density at radius 3 is 2.76 bits per heavy atom. The molecule has 2 aliphatic rings. The number of hydrogen-bond donors (Lipinski definition) is 1. The van der Waals surface area contributed by atoms with E-state index < -0.39 is 6.04 Å². The highest BCUT2D eigenvalue weighted by atomic mass is 32.1. The first-order chi connectivity index (χ1) is 16.5. The topological polar surface area (TPSA) is 82.9 Å². The minimum absolute atomic E-state index is 0.0299. The van der Waals surface area contributed by atoms with Gasteiger partial charge in [0.2, 0.25) is 5.91 Å². The van der Waals surface area contributed by atoms with E-state index in [2.05, 4.69) is 16.8 Å². The molecule has 1 aromatic carbocycles. The second-order valence-electron chi connectivity index (χ2n) is 8.80. The number of nitrogens with zero attached hydrogens (tertiary/aromatic N) is 2. The van der Waals surface area contributed by atoms with E-state index in [4.69, 9.17) is 4.42 Å². The van der Waals surface area contributed by atoms with Gasteiger partial charge in [0.05, 0.1) is 6.26 Å². The van der Waals surface area contributed by atoms with Crippen LogP contribution in [0.25, 0.3) is 0 Å². The van der Waals surface area contributed by atoms with Gasteiger partial charge in [-0.2, -0.15) is 0 Å². The van der Waals surface area contributed by atoms with Gasteiger partial charge in [-0.3, -0.25) is 14.4 Å². The molecule has 1 N–H and O–H groups in total. The Bertz CT molecular complexity index is 1220. The lowest BCUT2D eigenvalue weighted by Gasteiger charge is -2.34. The van der Waals surface area contributed by atoms with Gasteiger partial charge in [-0.1, -0.05) is 6.07 Å². The van der Waals surface area contributed by atoms with E-state index in [0.29, 0.717) is 37.3 Å². The number of furan rings is 1. The number of nitrogens with one attached hydrogen (secondary N) is 1.